The van der Waals surface area contributed by atoms with Gasteiger partial charge in [-0.15, -0.1) is 0 Å². The molecule has 8 heteroatoms. The highest BCUT2D eigenvalue weighted by atomic mass is 79.9. The number of benzene rings is 2. The zero-order valence-electron chi connectivity index (χ0n) is 16.1. The van der Waals surface area contributed by atoms with Crippen LogP contribution in [-0.2, 0) is 32.0 Å². The van der Waals surface area contributed by atoms with Crippen LogP contribution in [0.15, 0.2) is 53.0 Å². The van der Waals surface area contributed by atoms with E-state index in [4.69, 9.17) is 4.74 Å². The second kappa shape index (κ2) is 10.7. The van der Waals surface area contributed by atoms with Gasteiger partial charge >= 0.3 is 5.97 Å². The number of hydrogen-bond donors (Lipinski definition) is 2. The van der Waals surface area contributed by atoms with Crippen molar-refractivity contribution in [2.45, 2.75) is 31.8 Å². The van der Waals surface area contributed by atoms with Crippen molar-refractivity contribution >= 4 is 33.7 Å². The SMILES string of the molecule is COC(=O)[C@H](Cc1ccc(Br)cc1)NC(=O)[C@@H](Cc1ccccc1F)NC(C)=O. The van der Waals surface area contributed by atoms with Crippen LogP contribution in [0.4, 0.5) is 4.39 Å². The van der Waals surface area contributed by atoms with Crippen molar-refractivity contribution < 1.29 is 23.5 Å². The van der Waals surface area contributed by atoms with Gasteiger partial charge in [0.25, 0.3) is 0 Å². The zero-order chi connectivity index (χ0) is 21.4. The van der Waals surface area contributed by atoms with Crippen molar-refractivity contribution in [1.29, 1.82) is 0 Å². The molecule has 2 atom stereocenters. The van der Waals surface area contributed by atoms with Crippen LogP contribution in [0.2, 0.25) is 0 Å². The van der Waals surface area contributed by atoms with Crippen molar-refractivity contribution in [2.75, 3.05) is 7.11 Å². The fourth-order valence-corrected chi connectivity index (χ4v) is 3.07. The monoisotopic (exact) mass is 464 g/mol. The molecule has 0 saturated carbocycles. The minimum atomic E-state index is -1.04. The molecule has 2 amide bonds. The predicted octanol–water partition coefficient (Wildman–Crippen LogP) is 2.54. The van der Waals surface area contributed by atoms with Crippen LogP contribution in [0.25, 0.3) is 0 Å². The first kappa shape index (κ1) is 22.5. The lowest BCUT2D eigenvalue weighted by atomic mass is 10.0. The lowest BCUT2D eigenvalue weighted by Crippen LogP contribution is -2.53. The summed E-state index contributed by atoms with van der Waals surface area (Å²) in [6, 6.07) is 11.3. The Kier molecular flexibility index (Phi) is 8.33. The van der Waals surface area contributed by atoms with Gasteiger partial charge < -0.3 is 15.4 Å². The van der Waals surface area contributed by atoms with Crippen LogP contribution < -0.4 is 10.6 Å². The number of esters is 1. The smallest absolute Gasteiger partial charge is 0.328 e. The molecular formula is C21H22BrFN2O4. The highest BCUT2D eigenvalue weighted by Crippen LogP contribution is 2.13. The van der Waals surface area contributed by atoms with Crippen molar-refractivity contribution in [2.24, 2.45) is 0 Å². The molecule has 0 aliphatic carbocycles. The van der Waals surface area contributed by atoms with E-state index in [9.17, 15) is 18.8 Å². The number of rotatable bonds is 8. The van der Waals surface area contributed by atoms with Crippen LogP contribution in [0.3, 0.4) is 0 Å². The Balaban J connectivity index is 2.17. The second-order valence-corrected chi connectivity index (χ2v) is 7.38. The second-order valence-electron chi connectivity index (χ2n) is 6.46. The summed E-state index contributed by atoms with van der Waals surface area (Å²) in [4.78, 5) is 36.5. The molecule has 0 spiro atoms. The third kappa shape index (κ3) is 6.98. The fourth-order valence-electron chi connectivity index (χ4n) is 2.80. The topological polar surface area (TPSA) is 84.5 Å². The Morgan fingerprint density at radius 1 is 1.00 bits per heavy atom. The van der Waals surface area contributed by atoms with E-state index >= 15 is 0 Å². The third-order valence-corrected chi connectivity index (χ3v) is 4.76. The molecule has 0 bridgehead atoms. The lowest BCUT2D eigenvalue weighted by molar-refractivity contribution is -0.145. The van der Waals surface area contributed by atoms with Crippen molar-refractivity contribution in [3.8, 4) is 0 Å². The van der Waals surface area contributed by atoms with E-state index in [-0.39, 0.29) is 18.4 Å². The summed E-state index contributed by atoms with van der Waals surface area (Å²) >= 11 is 3.34. The molecule has 0 aliphatic heterocycles. The van der Waals surface area contributed by atoms with Gasteiger partial charge in [-0.2, -0.15) is 0 Å². The molecule has 0 fully saturated rings. The van der Waals surface area contributed by atoms with Crippen LogP contribution in [0, 0.1) is 5.82 Å². The highest BCUT2D eigenvalue weighted by molar-refractivity contribution is 9.10. The summed E-state index contributed by atoms with van der Waals surface area (Å²) < 4.78 is 19.7. The number of halogens is 2. The molecule has 0 radical (unpaired) electrons. The quantitative estimate of drug-likeness (QED) is 0.587. The van der Waals surface area contributed by atoms with Gasteiger partial charge in [0, 0.05) is 24.2 Å². The molecule has 2 aromatic rings. The maximum atomic E-state index is 14.0. The van der Waals surface area contributed by atoms with E-state index < -0.39 is 35.7 Å². The fraction of sp³-hybridized carbons (Fsp3) is 0.286. The molecule has 2 aromatic carbocycles. The standard InChI is InChI=1S/C21H22BrFN2O4/c1-13(26)24-18(12-15-5-3-4-6-17(15)23)20(27)25-19(21(28)29-2)11-14-7-9-16(22)10-8-14/h3-10,18-19H,11-12H2,1-2H3,(H,24,26)(H,25,27)/t18-,19+/m1/s1. The number of carbonyl (C=O) groups excluding carboxylic acids is 3. The summed E-state index contributed by atoms with van der Waals surface area (Å²) in [5.41, 5.74) is 1.10. The van der Waals surface area contributed by atoms with Crippen molar-refractivity contribution in [3.05, 3.63) is 69.9 Å². The first-order valence-corrected chi connectivity index (χ1v) is 9.72. The molecule has 29 heavy (non-hydrogen) atoms. The van der Waals surface area contributed by atoms with E-state index in [2.05, 4.69) is 26.6 Å². The Morgan fingerprint density at radius 2 is 1.66 bits per heavy atom. The van der Waals surface area contributed by atoms with Crippen LogP contribution >= 0.6 is 15.9 Å². The van der Waals surface area contributed by atoms with Gasteiger partial charge in [0.1, 0.15) is 17.9 Å². The molecule has 0 aliphatic rings. The van der Waals surface area contributed by atoms with E-state index in [1.807, 2.05) is 24.3 Å². The molecule has 0 heterocycles. The summed E-state index contributed by atoms with van der Waals surface area (Å²) in [6.07, 6.45) is 0.155. The van der Waals surface area contributed by atoms with Gasteiger partial charge in [-0.1, -0.05) is 46.3 Å². The largest absolute Gasteiger partial charge is 0.467 e. The summed E-state index contributed by atoms with van der Waals surface area (Å²) in [6.45, 7) is 1.27. The maximum Gasteiger partial charge on any atom is 0.328 e. The summed E-state index contributed by atoms with van der Waals surface area (Å²) in [7, 11) is 1.23. The number of carbonyl (C=O) groups is 3. The molecule has 0 aromatic heterocycles. The van der Waals surface area contributed by atoms with Crippen LogP contribution in [-0.4, -0.2) is 37.0 Å². The Labute approximate surface area is 177 Å². The van der Waals surface area contributed by atoms with Crippen LogP contribution in [0.5, 0.6) is 0 Å². The lowest BCUT2D eigenvalue weighted by Gasteiger charge is -2.22. The molecule has 2 N–H and O–H groups in total. The number of nitrogens with one attached hydrogen (secondary N) is 2. The Bertz CT molecular complexity index is 873. The molecule has 0 saturated heterocycles. The number of hydrogen-bond acceptors (Lipinski definition) is 4. The van der Waals surface area contributed by atoms with Gasteiger partial charge in [0.2, 0.25) is 11.8 Å². The van der Waals surface area contributed by atoms with Gasteiger partial charge in [0.05, 0.1) is 7.11 Å². The molecular weight excluding hydrogens is 443 g/mol. The zero-order valence-corrected chi connectivity index (χ0v) is 17.7. The van der Waals surface area contributed by atoms with Crippen molar-refractivity contribution in [1.82, 2.24) is 10.6 Å². The van der Waals surface area contributed by atoms with Gasteiger partial charge in [-0.05, 0) is 29.3 Å². The molecule has 0 unspecified atom stereocenters. The highest BCUT2D eigenvalue weighted by Gasteiger charge is 2.27. The minimum absolute atomic E-state index is 0.0513. The third-order valence-electron chi connectivity index (χ3n) is 4.23. The molecule has 2 rings (SSSR count). The van der Waals surface area contributed by atoms with Crippen molar-refractivity contribution in [3.63, 3.8) is 0 Å². The first-order valence-electron chi connectivity index (χ1n) is 8.93. The number of amides is 2. The maximum absolute atomic E-state index is 14.0. The van der Waals surface area contributed by atoms with Gasteiger partial charge in [0.15, 0.2) is 0 Å². The minimum Gasteiger partial charge on any atom is -0.467 e. The van der Waals surface area contributed by atoms with E-state index in [0.717, 1.165) is 10.0 Å². The average molecular weight is 465 g/mol. The first-order chi connectivity index (χ1) is 13.8. The normalized spacial score (nSPS) is 12.6. The van der Waals surface area contributed by atoms with E-state index in [0.29, 0.717) is 0 Å². The molecule has 154 valence electrons. The number of methoxy groups -OCH3 is 1. The van der Waals surface area contributed by atoms with E-state index in [1.54, 1.807) is 6.07 Å². The van der Waals surface area contributed by atoms with E-state index in [1.165, 1.54) is 32.2 Å². The Morgan fingerprint density at radius 3 is 2.24 bits per heavy atom. The molecule has 6 nitrogen and oxygen atoms in total. The van der Waals surface area contributed by atoms with Gasteiger partial charge in [-0.3, -0.25) is 9.59 Å². The number of ether oxygens (including phenoxy) is 1. The predicted molar refractivity (Wildman–Crippen MR) is 110 cm³/mol. The average Bonchev–Trinajstić information content (AvgIpc) is 2.69. The van der Waals surface area contributed by atoms with Gasteiger partial charge in [-0.25, -0.2) is 9.18 Å². The summed E-state index contributed by atoms with van der Waals surface area (Å²) in [5.74, 6) is -2.14. The summed E-state index contributed by atoms with van der Waals surface area (Å²) in [5, 5.41) is 5.13. The van der Waals surface area contributed by atoms with Crippen LogP contribution in [0.1, 0.15) is 18.1 Å². The Hall–Kier alpha value is -2.74.